The molecule has 2 heterocycles. The number of hydrogen-bond donors (Lipinski definition) is 1. The number of imidazole rings is 1. The van der Waals surface area contributed by atoms with E-state index in [2.05, 4.69) is 4.98 Å². The van der Waals surface area contributed by atoms with Gasteiger partial charge in [-0.2, -0.15) is 13.2 Å². The van der Waals surface area contributed by atoms with Crippen LogP contribution in [0.4, 0.5) is 18.9 Å². The Labute approximate surface area is 134 Å². The predicted octanol–water partition coefficient (Wildman–Crippen LogP) is 3.69. The second-order valence-electron chi connectivity index (χ2n) is 4.67. The van der Waals surface area contributed by atoms with E-state index in [0.29, 0.717) is 21.3 Å². The molecule has 11 heteroatoms. The van der Waals surface area contributed by atoms with Gasteiger partial charge in [0.15, 0.2) is 10.7 Å². The van der Waals surface area contributed by atoms with Crippen molar-refractivity contribution < 1.29 is 28.0 Å². The van der Waals surface area contributed by atoms with E-state index in [1.165, 1.54) is 24.3 Å². The smallest absolute Gasteiger partial charge is 0.433 e. The molecule has 0 unspecified atom stereocenters. The van der Waals surface area contributed by atoms with Crippen LogP contribution in [-0.4, -0.2) is 25.4 Å². The van der Waals surface area contributed by atoms with Crippen molar-refractivity contribution >= 4 is 28.0 Å². The SMILES string of the molecule is O=C(O)c1sc2nc(-c3ccc([N+](=O)[O-])cc3)cn2c1C(F)(F)F. The molecule has 0 radical (unpaired) electrons. The molecule has 124 valence electrons. The second-order valence-corrected chi connectivity index (χ2v) is 5.64. The molecule has 0 atom stereocenters. The van der Waals surface area contributed by atoms with Crippen molar-refractivity contribution in [2.45, 2.75) is 6.18 Å². The number of thiazole rings is 1. The number of nitro groups is 1. The molecule has 0 aliphatic heterocycles. The van der Waals surface area contributed by atoms with Gasteiger partial charge in [-0.25, -0.2) is 9.78 Å². The van der Waals surface area contributed by atoms with Gasteiger partial charge in [0.2, 0.25) is 0 Å². The molecule has 1 N–H and O–H groups in total. The first-order chi connectivity index (χ1) is 11.2. The van der Waals surface area contributed by atoms with E-state index in [9.17, 15) is 28.1 Å². The maximum absolute atomic E-state index is 13.1. The normalized spacial score (nSPS) is 11.8. The molecule has 2 aromatic heterocycles. The Morgan fingerprint density at radius 2 is 1.92 bits per heavy atom. The highest BCUT2D eigenvalue weighted by Gasteiger charge is 2.40. The fraction of sp³-hybridized carbons (Fsp3) is 0.0769. The lowest BCUT2D eigenvalue weighted by Gasteiger charge is -2.06. The van der Waals surface area contributed by atoms with Gasteiger partial charge in [0.05, 0.1) is 10.6 Å². The van der Waals surface area contributed by atoms with Crippen LogP contribution in [0.2, 0.25) is 0 Å². The topological polar surface area (TPSA) is 97.7 Å². The number of rotatable bonds is 3. The van der Waals surface area contributed by atoms with Crippen molar-refractivity contribution in [3.63, 3.8) is 0 Å². The fourth-order valence-corrected chi connectivity index (χ4v) is 3.11. The lowest BCUT2D eigenvalue weighted by atomic mass is 10.1. The van der Waals surface area contributed by atoms with Crippen LogP contribution in [-0.2, 0) is 6.18 Å². The maximum Gasteiger partial charge on any atom is 0.433 e. The number of nitro benzene ring substituents is 1. The molecular weight excluding hydrogens is 351 g/mol. The third-order valence-electron chi connectivity index (χ3n) is 3.16. The number of alkyl halides is 3. The zero-order valence-corrected chi connectivity index (χ0v) is 12.3. The van der Waals surface area contributed by atoms with E-state index in [0.717, 1.165) is 6.20 Å². The first kappa shape index (κ1) is 15.9. The highest BCUT2D eigenvalue weighted by atomic mass is 32.1. The van der Waals surface area contributed by atoms with Gasteiger partial charge < -0.3 is 5.11 Å². The number of non-ortho nitro benzene ring substituents is 1. The van der Waals surface area contributed by atoms with Crippen molar-refractivity contribution in [2.75, 3.05) is 0 Å². The standard InChI is InChI=1S/C13H6F3N3O4S/c14-13(15,16)10-9(11(20)21)24-12-17-8(5-18(10)12)6-1-3-7(4-2-6)19(22)23/h1-5H,(H,20,21). The number of nitrogens with zero attached hydrogens (tertiary/aromatic N) is 3. The summed E-state index contributed by atoms with van der Waals surface area (Å²) in [5.74, 6) is -1.69. The minimum absolute atomic E-state index is 0.131. The van der Waals surface area contributed by atoms with Crippen LogP contribution in [0.15, 0.2) is 30.5 Å². The van der Waals surface area contributed by atoms with Crippen molar-refractivity contribution in [1.29, 1.82) is 0 Å². The summed E-state index contributed by atoms with van der Waals surface area (Å²) in [6.07, 6.45) is -3.80. The molecule has 3 aromatic rings. The molecule has 0 aliphatic carbocycles. The summed E-state index contributed by atoms with van der Waals surface area (Å²) >= 11 is 0.406. The lowest BCUT2D eigenvalue weighted by molar-refractivity contribution is -0.384. The molecule has 7 nitrogen and oxygen atoms in total. The van der Waals surface area contributed by atoms with Crippen LogP contribution in [0, 0.1) is 10.1 Å². The molecule has 3 rings (SSSR count). The van der Waals surface area contributed by atoms with Crippen LogP contribution in [0.25, 0.3) is 16.2 Å². The van der Waals surface area contributed by atoms with Gasteiger partial charge in [0.1, 0.15) is 4.88 Å². The number of aromatic nitrogens is 2. The Balaban J connectivity index is 2.14. The number of fused-ring (bicyclic) bond motifs is 1. The lowest BCUT2D eigenvalue weighted by Crippen LogP contribution is -2.13. The number of carboxylic acid groups (broad SMARTS) is 1. The van der Waals surface area contributed by atoms with Gasteiger partial charge in [-0.15, -0.1) is 0 Å². The highest BCUT2D eigenvalue weighted by Crippen LogP contribution is 2.38. The van der Waals surface area contributed by atoms with E-state index >= 15 is 0 Å². The summed E-state index contributed by atoms with van der Waals surface area (Å²) in [6.45, 7) is 0. The molecule has 0 fully saturated rings. The number of hydrogen-bond acceptors (Lipinski definition) is 5. The molecule has 1 aromatic carbocycles. The number of aromatic carboxylic acids is 1. The van der Waals surface area contributed by atoms with Crippen LogP contribution >= 0.6 is 11.3 Å². The van der Waals surface area contributed by atoms with Gasteiger partial charge >= 0.3 is 12.1 Å². The molecule has 0 saturated heterocycles. The molecule has 0 amide bonds. The summed E-state index contributed by atoms with van der Waals surface area (Å²) in [7, 11) is 0. The highest BCUT2D eigenvalue weighted by molar-refractivity contribution is 7.19. The molecular formula is C13H6F3N3O4S. The third-order valence-corrected chi connectivity index (χ3v) is 4.20. The van der Waals surface area contributed by atoms with Crippen molar-refractivity contribution in [3.05, 3.63) is 51.1 Å². The van der Waals surface area contributed by atoms with E-state index in [1.807, 2.05) is 0 Å². The minimum atomic E-state index is -4.86. The summed E-state index contributed by atoms with van der Waals surface area (Å²) < 4.78 is 40.1. The zero-order chi connectivity index (χ0) is 17.6. The second kappa shape index (κ2) is 5.30. The Morgan fingerprint density at radius 3 is 2.42 bits per heavy atom. The van der Waals surface area contributed by atoms with Crippen LogP contribution in [0.1, 0.15) is 15.4 Å². The van der Waals surface area contributed by atoms with Gasteiger partial charge in [-0.3, -0.25) is 14.5 Å². The quantitative estimate of drug-likeness (QED) is 0.569. The summed E-state index contributed by atoms with van der Waals surface area (Å²) in [5, 5.41) is 19.5. The van der Waals surface area contributed by atoms with Gasteiger partial charge in [-0.1, -0.05) is 11.3 Å². The van der Waals surface area contributed by atoms with Gasteiger partial charge in [0, 0.05) is 23.9 Å². The van der Waals surface area contributed by atoms with E-state index in [-0.39, 0.29) is 16.3 Å². The largest absolute Gasteiger partial charge is 0.477 e. The van der Waals surface area contributed by atoms with Crippen molar-refractivity contribution in [3.8, 4) is 11.3 Å². The Hall–Kier alpha value is -2.95. The number of halogens is 3. The van der Waals surface area contributed by atoms with E-state index in [4.69, 9.17) is 5.11 Å². The Morgan fingerprint density at radius 1 is 1.29 bits per heavy atom. The Kier molecular flexibility index (Phi) is 3.52. The summed E-state index contributed by atoms with van der Waals surface area (Å²) in [6, 6.07) is 5.12. The van der Waals surface area contributed by atoms with Crippen LogP contribution < -0.4 is 0 Å². The van der Waals surface area contributed by atoms with E-state index < -0.39 is 27.6 Å². The first-order valence-electron chi connectivity index (χ1n) is 6.25. The van der Waals surface area contributed by atoms with Crippen molar-refractivity contribution in [2.24, 2.45) is 0 Å². The van der Waals surface area contributed by atoms with Gasteiger partial charge in [-0.05, 0) is 12.1 Å². The number of carbonyl (C=O) groups is 1. The van der Waals surface area contributed by atoms with Crippen LogP contribution in [0.3, 0.4) is 0 Å². The zero-order valence-electron chi connectivity index (χ0n) is 11.4. The van der Waals surface area contributed by atoms with Gasteiger partial charge in [0.25, 0.3) is 5.69 Å². The molecule has 0 saturated carbocycles. The molecule has 0 aliphatic rings. The summed E-state index contributed by atoms with van der Waals surface area (Å²) in [4.78, 5) is 24.0. The average Bonchev–Trinajstić information content (AvgIpc) is 3.03. The van der Waals surface area contributed by atoms with Crippen molar-refractivity contribution in [1.82, 2.24) is 9.38 Å². The molecule has 24 heavy (non-hydrogen) atoms. The first-order valence-corrected chi connectivity index (χ1v) is 7.07. The minimum Gasteiger partial charge on any atom is -0.477 e. The monoisotopic (exact) mass is 357 g/mol. The third kappa shape index (κ3) is 2.58. The number of benzene rings is 1. The Bertz CT molecular complexity index is 959. The van der Waals surface area contributed by atoms with E-state index in [1.54, 1.807) is 0 Å². The average molecular weight is 357 g/mol. The molecule has 0 spiro atoms. The predicted molar refractivity (Wildman–Crippen MR) is 77.1 cm³/mol. The fourth-order valence-electron chi connectivity index (χ4n) is 2.15. The summed E-state index contributed by atoms with van der Waals surface area (Å²) in [5.41, 5.74) is -0.945. The number of carboxylic acids is 1. The maximum atomic E-state index is 13.1. The van der Waals surface area contributed by atoms with Crippen LogP contribution in [0.5, 0.6) is 0 Å². The molecule has 0 bridgehead atoms.